The fourth-order valence-corrected chi connectivity index (χ4v) is 4.44. The summed E-state index contributed by atoms with van der Waals surface area (Å²) in [4.78, 5) is 18.4. The summed E-state index contributed by atoms with van der Waals surface area (Å²) in [6.07, 6.45) is 0. The third-order valence-electron chi connectivity index (χ3n) is 5.39. The Morgan fingerprint density at radius 1 is 0.967 bits per heavy atom. The Morgan fingerprint density at radius 2 is 1.70 bits per heavy atom. The van der Waals surface area contributed by atoms with Gasteiger partial charge in [0.15, 0.2) is 5.78 Å². The number of Topliss-reactive ketones (excluding diaryl/α,β-unsaturated/α-hetero) is 1. The first-order valence-corrected chi connectivity index (χ1v) is 10.3. The average molecular weight is 434 g/mol. The molecule has 5 rings (SSSR count). The molecule has 1 aromatic heterocycles. The Balaban J connectivity index is 1.81. The molecule has 4 aromatic rings. The van der Waals surface area contributed by atoms with Crippen molar-refractivity contribution in [2.75, 3.05) is 5.32 Å². The predicted octanol–water partition coefficient (Wildman–Crippen LogP) is 6.51. The number of benzene rings is 3. The number of allylic oxidation sites excluding steroid dienone is 2. The number of nitrogens with zero attached hydrogens (tertiary/aromatic N) is 2. The highest BCUT2D eigenvalue weighted by Crippen LogP contribution is 2.43. The molecule has 30 heavy (non-hydrogen) atoms. The van der Waals surface area contributed by atoms with E-state index < -0.39 is 6.04 Å². The molecule has 0 radical (unpaired) electrons. The summed E-state index contributed by atoms with van der Waals surface area (Å²) >= 11 is 13.0. The summed E-state index contributed by atoms with van der Waals surface area (Å²) in [5.41, 5.74) is 4.48. The molecule has 4 nitrogen and oxygen atoms in total. The molecule has 2 heterocycles. The second-order valence-electron chi connectivity index (χ2n) is 7.20. The molecule has 0 bridgehead atoms. The molecule has 148 valence electrons. The Bertz CT molecular complexity index is 1330. The monoisotopic (exact) mass is 433 g/mol. The molecular weight excluding hydrogens is 417 g/mol. The van der Waals surface area contributed by atoms with E-state index in [9.17, 15) is 4.79 Å². The van der Waals surface area contributed by atoms with Gasteiger partial charge in [0.05, 0.1) is 27.1 Å². The molecule has 1 atom stereocenters. The van der Waals surface area contributed by atoms with Gasteiger partial charge >= 0.3 is 0 Å². The Labute approximate surface area is 183 Å². The molecule has 6 heteroatoms. The number of imidazole rings is 1. The minimum absolute atomic E-state index is 0.0647. The summed E-state index contributed by atoms with van der Waals surface area (Å²) < 4.78 is 2.02. The lowest BCUT2D eigenvalue weighted by Gasteiger charge is -2.31. The van der Waals surface area contributed by atoms with Gasteiger partial charge in [-0.15, -0.1) is 0 Å². The summed E-state index contributed by atoms with van der Waals surface area (Å²) in [7, 11) is 0. The van der Waals surface area contributed by atoms with Gasteiger partial charge in [0, 0.05) is 16.8 Å². The first-order chi connectivity index (χ1) is 14.6. The number of carbonyl (C=O) groups is 1. The minimum Gasteiger partial charge on any atom is -0.329 e. The number of anilines is 1. The molecule has 1 aliphatic rings. The van der Waals surface area contributed by atoms with Crippen LogP contribution in [0.25, 0.3) is 11.0 Å². The van der Waals surface area contributed by atoms with Crippen molar-refractivity contribution in [2.45, 2.75) is 13.0 Å². The highest BCUT2D eigenvalue weighted by atomic mass is 35.5. The number of nitrogens with one attached hydrogen (secondary N) is 1. The van der Waals surface area contributed by atoms with Crippen molar-refractivity contribution >= 4 is 46.0 Å². The number of para-hydroxylation sites is 2. The number of hydrogen-bond donors (Lipinski definition) is 1. The highest BCUT2D eigenvalue weighted by molar-refractivity contribution is 6.42. The summed E-state index contributed by atoms with van der Waals surface area (Å²) in [5.74, 6) is 0.601. The normalized spacial score (nSPS) is 15.8. The molecule has 1 aliphatic heterocycles. The maximum absolute atomic E-state index is 13.7. The number of aromatic nitrogens is 2. The quantitative estimate of drug-likeness (QED) is 0.374. The second kappa shape index (κ2) is 7.31. The second-order valence-corrected chi connectivity index (χ2v) is 7.98. The Kier molecular flexibility index (Phi) is 4.61. The van der Waals surface area contributed by atoms with Gasteiger partial charge in [0.1, 0.15) is 0 Å². The molecule has 0 aliphatic carbocycles. The van der Waals surface area contributed by atoms with E-state index in [1.165, 1.54) is 0 Å². The molecular formula is C24H17Cl2N3O. The minimum atomic E-state index is -0.465. The van der Waals surface area contributed by atoms with Crippen molar-refractivity contribution in [3.8, 4) is 0 Å². The number of hydrogen-bond acceptors (Lipinski definition) is 3. The summed E-state index contributed by atoms with van der Waals surface area (Å²) in [6, 6.07) is 22.1. The van der Waals surface area contributed by atoms with Crippen molar-refractivity contribution < 1.29 is 4.79 Å². The van der Waals surface area contributed by atoms with E-state index in [-0.39, 0.29) is 5.78 Å². The van der Waals surface area contributed by atoms with Crippen LogP contribution >= 0.6 is 23.2 Å². The van der Waals surface area contributed by atoms with E-state index in [4.69, 9.17) is 28.2 Å². The van der Waals surface area contributed by atoms with Crippen molar-refractivity contribution in [1.29, 1.82) is 0 Å². The van der Waals surface area contributed by atoms with Crippen molar-refractivity contribution in [3.05, 3.63) is 105 Å². The third kappa shape index (κ3) is 2.92. The van der Waals surface area contributed by atoms with E-state index >= 15 is 0 Å². The van der Waals surface area contributed by atoms with Crippen LogP contribution in [0.4, 0.5) is 5.95 Å². The molecule has 0 fully saturated rings. The van der Waals surface area contributed by atoms with Crippen LogP contribution < -0.4 is 5.32 Å². The smallest absolute Gasteiger partial charge is 0.209 e. The van der Waals surface area contributed by atoms with E-state index in [1.54, 1.807) is 6.07 Å². The standard InChI is InChI=1S/C24H17Cl2N3O/c1-14-20(23(30)15-8-3-2-4-9-15)22(16-10-7-11-17(25)21(16)26)29-19-13-6-5-12-18(19)28-24(29)27-14/h2-13,22H,1H3,(H,27,28). The van der Waals surface area contributed by atoms with E-state index in [2.05, 4.69) is 5.32 Å². The Morgan fingerprint density at radius 3 is 2.50 bits per heavy atom. The molecule has 0 saturated carbocycles. The summed E-state index contributed by atoms with van der Waals surface area (Å²) in [5, 5.41) is 4.20. The number of rotatable bonds is 3. The van der Waals surface area contributed by atoms with Gasteiger partial charge < -0.3 is 5.32 Å². The first kappa shape index (κ1) is 18.9. The van der Waals surface area contributed by atoms with Crippen LogP contribution in [-0.2, 0) is 0 Å². The molecule has 1 unspecified atom stereocenters. The van der Waals surface area contributed by atoms with Gasteiger partial charge in [-0.25, -0.2) is 4.98 Å². The molecule has 0 spiro atoms. The zero-order valence-electron chi connectivity index (χ0n) is 16.1. The fourth-order valence-electron chi connectivity index (χ4n) is 4.03. The zero-order valence-corrected chi connectivity index (χ0v) is 17.6. The van der Waals surface area contributed by atoms with Gasteiger partial charge in [-0.05, 0) is 30.7 Å². The van der Waals surface area contributed by atoms with Crippen molar-refractivity contribution in [1.82, 2.24) is 9.55 Å². The van der Waals surface area contributed by atoms with Crippen LogP contribution in [0.15, 0.2) is 84.1 Å². The van der Waals surface area contributed by atoms with E-state index in [1.807, 2.05) is 78.2 Å². The first-order valence-electron chi connectivity index (χ1n) is 9.54. The maximum Gasteiger partial charge on any atom is 0.209 e. The molecule has 1 N–H and O–H groups in total. The highest BCUT2D eigenvalue weighted by Gasteiger charge is 2.35. The number of carbonyl (C=O) groups excluding carboxylic acids is 1. The SMILES string of the molecule is CC1=C(C(=O)c2ccccc2)C(c2cccc(Cl)c2Cl)n2c(nc3ccccc32)N1. The lowest BCUT2D eigenvalue weighted by atomic mass is 9.89. The van der Waals surface area contributed by atoms with Gasteiger partial charge in [-0.2, -0.15) is 0 Å². The Hall–Kier alpha value is -3.08. The van der Waals surface area contributed by atoms with Gasteiger partial charge in [-0.3, -0.25) is 9.36 Å². The number of halogens is 2. The van der Waals surface area contributed by atoms with Crippen molar-refractivity contribution in [2.24, 2.45) is 0 Å². The topological polar surface area (TPSA) is 46.9 Å². The number of fused-ring (bicyclic) bond motifs is 3. The van der Waals surface area contributed by atoms with E-state index in [0.29, 0.717) is 27.1 Å². The lowest BCUT2D eigenvalue weighted by Crippen LogP contribution is -2.28. The van der Waals surface area contributed by atoms with Crippen LogP contribution in [0.1, 0.15) is 28.9 Å². The number of ketones is 1. The molecule has 0 amide bonds. The molecule has 0 saturated heterocycles. The van der Waals surface area contributed by atoms with E-state index in [0.717, 1.165) is 22.3 Å². The summed E-state index contributed by atoms with van der Waals surface area (Å²) in [6.45, 7) is 1.89. The van der Waals surface area contributed by atoms with Crippen molar-refractivity contribution in [3.63, 3.8) is 0 Å². The van der Waals surface area contributed by atoms with Gasteiger partial charge in [-0.1, -0.05) is 77.8 Å². The maximum atomic E-state index is 13.7. The average Bonchev–Trinajstić information content (AvgIpc) is 3.13. The van der Waals surface area contributed by atoms with Gasteiger partial charge in [0.2, 0.25) is 5.95 Å². The van der Waals surface area contributed by atoms with Crippen LogP contribution in [-0.4, -0.2) is 15.3 Å². The van der Waals surface area contributed by atoms with Gasteiger partial charge in [0.25, 0.3) is 0 Å². The predicted molar refractivity (Wildman–Crippen MR) is 121 cm³/mol. The largest absolute Gasteiger partial charge is 0.329 e. The van der Waals surface area contributed by atoms with Crippen LogP contribution in [0, 0.1) is 0 Å². The van der Waals surface area contributed by atoms with Crippen LogP contribution in [0.2, 0.25) is 10.0 Å². The zero-order chi connectivity index (χ0) is 20.8. The van der Waals surface area contributed by atoms with Crippen LogP contribution in [0.3, 0.4) is 0 Å². The van der Waals surface area contributed by atoms with Crippen LogP contribution in [0.5, 0.6) is 0 Å². The lowest BCUT2D eigenvalue weighted by molar-refractivity contribution is 0.102. The third-order valence-corrected chi connectivity index (χ3v) is 6.22. The molecule has 3 aromatic carbocycles. The fraction of sp³-hybridized carbons (Fsp3) is 0.0833.